The van der Waals surface area contributed by atoms with Crippen molar-refractivity contribution in [3.05, 3.63) is 47.9 Å². The highest BCUT2D eigenvalue weighted by Gasteiger charge is 2.17. The highest BCUT2D eigenvalue weighted by molar-refractivity contribution is 7.88. The van der Waals surface area contributed by atoms with Crippen LogP contribution in [-0.4, -0.2) is 26.2 Å². The molecule has 1 aromatic heterocycles. The number of sulfonamides is 1. The molecule has 0 fully saturated rings. The van der Waals surface area contributed by atoms with Crippen molar-refractivity contribution in [1.82, 2.24) is 9.88 Å². The van der Waals surface area contributed by atoms with Gasteiger partial charge in [0.05, 0.1) is 11.7 Å². The SMILES string of the molecule is Cc1ccc(OC[C@@H](C)NS(=O)(=O)Cc2ccon2)cc1. The van der Waals surface area contributed by atoms with Crippen molar-refractivity contribution in [1.29, 1.82) is 0 Å². The fourth-order valence-corrected chi connectivity index (χ4v) is 3.05. The summed E-state index contributed by atoms with van der Waals surface area (Å²) in [6.07, 6.45) is 1.34. The first-order chi connectivity index (χ1) is 9.94. The Kier molecular flexibility index (Phi) is 4.98. The van der Waals surface area contributed by atoms with E-state index in [2.05, 4.69) is 14.4 Å². The minimum atomic E-state index is -3.47. The van der Waals surface area contributed by atoms with Gasteiger partial charge >= 0.3 is 0 Å². The molecule has 2 rings (SSSR count). The van der Waals surface area contributed by atoms with E-state index >= 15 is 0 Å². The standard InChI is InChI=1S/C14H18N2O4S/c1-11-3-5-14(6-4-11)19-9-12(2)16-21(17,18)10-13-7-8-20-15-13/h3-8,12,16H,9-10H2,1-2H3/t12-/m1/s1. The van der Waals surface area contributed by atoms with Gasteiger partial charge in [-0.15, -0.1) is 0 Å². The predicted octanol–water partition coefficient (Wildman–Crippen LogP) is 1.87. The molecule has 0 unspecified atom stereocenters. The van der Waals surface area contributed by atoms with Crippen LogP contribution in [0.5, 0.6) is 5.75 Å². The first-order valence-corrected chi connectivity index (χ1v) is 8.18. The third-order valence-corrected chi connectivity index (χ3v) is 4.17. The molecule has 0 spiro atoms. The minimum Gasteiger partial charge on any atom is -0.492 e. The van der Waals surface area contributed by atoms with Crippen LogP contribution in [0, 0.1) is 6.92 Å². The molecule has 0 amide bonds. The first kappa shape index (κ1) is 15.5. The molecule has 1 heterocycles. The van der Waals surface area contributed by atoms with E-state index < -0.39 is 10.0 Å². The molecule has 0 saturated carbocycles. The Bertz CT molecular complexity index is 651. The Morgan fingerprint density at radius 2 is 2.00 bits per heavy atom. The highest BCUT2D eigenvalue weighted by Crippen LogP contribution is 2.11. The molecular weight excluding hydrogens is 292 g/mol. The molecule has 0 aliphatic rings. The molecule has 0 aliphatic heterocycles. The third kappa shape index (κ3) is 5.20. The van der Waals surface area contributed by atoms with Crippen molar-refractivity contribution >= 4 is 10.0 Å². The Balaban J connectivity index is 1.83. The summed E-state index contributed by atoms with van der Waals surface area (Å²) in [5, 5.41) is 3.59. The van der Waals surface area contributed by atoms with Gasteiger partial charge in [0.15, 0.2) is 0 Å². The lowest BCUT2D eigenvalue weighted by molar-refractivity contribution is 0.287. The van der Waals surface area contributed by atoms with Crippen molar-refractivity contribution in [2.45, 2.75) is 25.6 Å². The molecule has 1 atom stereocenters. The molecular formula is C14H18N2O4S. The topological polar surface area (TPSA) is 81.4 Å². The Hall–Kier alpha value is -1.86. The number of aromatic nitrogens is 1. The van der Waals surface area contributed by atoms with Crippen LogP contribution in [0.4, 0.5) is 0 Å². The highest BCUT2D eigenvalue weighted by atomic mass is 32.2. The summed E-state index contributed by atoms with van der Waals surface area (Å²) in [6, 6.07) is 8.76. The van der Waals surface area contributed by atoms with E-state index in [9.17, 15) is 8.42 Å². The van der Waals surface area contributed by atoms with Crippen LogP contribution in [0.3, 0.4) is 0 Å². The Morgan fingerprint density at radius 1 is 1.29 bits per heavy atom. The van der Waals surface area contributed by atoms with Gasteiger partial charge in [-0.1, -0.05) is 22.9 Å². The second-order valence-electron chi connectivity index (χ2n) is 4.89. The smallest absolute Gasteiger partial charge is 0.217 e. The lowest BCUT2D eigenvalue weighted by Crippen LogP contribution is -2.37. The molecule has 0 saturated heterocycles. The van der Waals surface area contributed by atoms with Gasteiger partial charge in [-0.25, -0.2) is 13.1 Å². The fraction of sp³-hybridized carbons (Fsp3) is 0.357. The van der Waals surface area contributed by atoms with Crippen LogP contribution in [-0.2, 0) is 15.8 Å². The van der Waals surface area contributed by atoms with Crippen LogP contribution in [0.1, 0.15) is 18.2 Å². The lowest BCUT2D eigenvalue weighted by atomic mass is 10.2. The predicted molar refractivity (Wildman–Crippen MR) is 78.4 cm³/mol. The van der Waals surface area contributed by atoms with Crippen molar-refractivity contribution in [2.24, 2.45) is 0 Å². The maximum atomic E-state index is 11.9. The summed E-state index contributed by atoms with van der Waals surface area (Å²) >= 11 is 0. The summed E-state index contributed by atoms with van der Waals surface area (Å²) < 4.78 is 36.5. The maximum Gasteiger partial charge on any atom is 0.217 e. The Morgan fingerprint density at radius 3 is 2.62 bits per heavy atom. The monoisotopic (exact) mass is 310 g/mol. The number of hydrogen-bond donors (Lipinski definition) is 1. The third-order valence-electron chi connectivity index (χ3n) is 2.73. The van der Waals surface area contributed by atoms with Crippen LogP contribution < -0.4 is 9.46 Å². The van der Waals surface area contributed by atoms with Gasteiger partial charge in [0.2, 0.25) is 10.0 Å². The van der Waals surface area contributed by atoms with E-state index in [1.807, 2.05) is 31.2 Å². The van der Waals surface area contributed by atoms with Gasteiger partial charge in [0.1, 0.15) is 24.4 Å². The van der Waals surface area contributed by atoms with E-state index in [4.69, 9.17) is 4.74 Å². The van der Waals surface area contributed by atoms with E-state index in [1.54, 1.807) is 6.92 Å². The molecule has 114 valence electrons. The molecule has 21 heavy (non-hydrogen) atoms. The maximum absolute atomic E-state index is 11.9. The lowest BCUT2D eigenvalue weighted by Gasteiger charge is -2.14. The van der Waals surface area contributed by atoms with Crippen molar-refractivity contribution in [2.75, 3.05) is 6.61 Å². The number of hydrogen-bond acceptors (Lipinski definition) is 5. The van der Waals surface area contributed by atoms with Gasteiger partial charge in [0.25, 0.3) is 0 Å². The number of benzene rings is 1. The molecule has 1 N–H and O–H groups in total. The zero-order valence-corrected chi connectivity index (χ0v) is 12.8. The van der Waals surface area contributed by atoms with Gasteiger partial charge < -0.3 is 9.26 Å². The van der Waals surface area contributed by atoms with E-state index in [0.717, 1.165) is 5.56 Å². The van der Waals surface area contributed by atoms with E-state index in [1.165, 1.54) is 12.3 Å². The first-order valence-electron chi connectivity index (χ1n) is 6.53. The van der Waals surface area contributed by atoms with Crippen molar-refractivity contribution in [3.63, 3.8) is 0 Å². The average Bonchev–Trinajstić information content (AvgIpc) is 2.89. The molecule has 2 aromatic rings. The quantitative estimate of drug-likeness (QED) is 0.844. The summed E-state index contributed by atoms with van der Waals surface area (Å²) in [6.45, 7) is 3.99. The second-order valence-corrected chi connectivity index (χ2v) is 6.65. The summed E-state index contributed by atoms with van der Waals surface area (Å²) in [4.78, 5) is 0. The minimum absolute atomic E-state index is 0.210. The number of rotatable bonds is 7. The molecule has 6 nitrogen and oxygen atoms in total. The fourth-order valence-electron chi connectivity index (χ4n) is 1.74. The number of aryl methyl sites for hydroxylation is 1. The van der Waals surface area contributed by atoms with Gasteiger partial charge in [-0.05, 0) is 26.0 Å². The van der Waals surface area contributed by atoms with Gasteiger partial charge in [-0.3, -0.25) is 0 Å². The van der Waals surface area contributed by atoms with E-state index in [0.29, 0.717) is 11.4 Å². The van der Waals surface area contributed by atoms with Crippen LogP contribution in [0.15, 0.2) is 41.1 Å². The molecule has 0 radical (unpaired) electrons. The number of ether oxygens (including phenoxy) is 1. The number of nitrogens with zero attached hydrogens (tertiary/aromatic N) is 1. The van der Waals surface area contributed by atoms with Crippen LogP contribution in [0.25, 0.3) is 0 Å². The van der Waals surface area contributed by atoms with E-state index in [-0.39, 0.29) is 18.4 Å². The van der Waals surface area contributed by atoms with Crippen molar-refractivity contribution < 1.29 is 17.7 Å². The second kappa shape index (κ2) is 6.73. The normalized spacial score (nSPS) is 13.0. The van der Waals surface area contributed by atoms with Crippen LogP contribution >= 0.6 is 0 Å². The van der Waals surface area contributed by atoms with Crippen molar-refractivity contribution in [3.8, 4) is 5.75 Å². The zero-order valence-electron chi connectivity index (χ0n) is 11.9. The van der Waals surface area contributed by atoms with Gasteiger partial charge in [-0.2, -0.15) is 0 Å². The number of nitrogens with one attached hydrogen (secondary N) is 1. The summed E-state index contributed by atoms with van der Waals surface area (Å²) in [7, 11) is -3.47. The Labute approximate surface area is 124 Å². The summed E-state index contributed by atoms with van der Waals surface area (Å²) in [5.74, 6) is 0.501. The molecule has 0 bridgehead atoms. The average molecular weight is 310 g/mol. The van der Waals surface area contributed by atoms with Gasteiger partial charge in [0, 0.05) is 6.07 Å². The molecule has 0 aliphatic carbocycles. The summed E-state index contributed by atoms with van der Waals surface area (Å²) in [5.41, 5.74) is 1.51. The molecule has 7 heteroatoms. The largest absolute Gasteiger partial charge is 0.492 e. The zero-order chi connectivity index (χ0) is 15.3. The van der Waals surface area contributed by atoms with Crippen LogP contribution in [0.2, 0.25) is 0 Å². The molecule has 1 aromatic carbocycles.